The Labute approximate surface area is 174 Å². The average molecular weight is 417 g/mol. The number of benzene rings is 1. The van der Waals surface area contributed by atoms with Crippen LogP contribution in [0.2, 0.25) is 5.02 Å². The Balaban J connectivity index is 1.59. The average Bonchev–Trinajstić information content (AvgIpc) is 3.24. The van der Waals surface area contributed by atoms with Crippen LogP contribution in [0, 0.1) is 6.92 Å². The van der Waals surface area contributed by atoms with Gasteiger partial charge in [-0.05, 0) is 57.6 Å². The van der Waals surface area contributed by atoms with Gasteiger partial charge in [0.05, 0.1) is 17.1 Å². The second-order valence-electron chi connectivity index (χ2n) is 7.61. The van der Waals surface area contributed by atoms with Crippen molar-refractivity contribution < 1.29 is 4.79 Å². The fourth-order valence-corrected chi connectivity index (χ4v) is 5.17. The first-order valence-corrected chi connectivity index (χ1v) is 10.8. The number of fused-ring (bicyclic) bond motifs is 1. The number of halogens is 1. The highest BCUT2D eigenvalue weighted by atomic mass is 35.5. The number of nitrogens with zero attached hydrogens (tertiary/aromatic N) is 4. The molecule has 0 saturated carbocycles. The number of carbonyl (C=O) groups is 1. The molecule has 28 heavy (non-hydrogen) atoms. The van der Waals surface area contributed by atoms with E-state index in [0.717, 1.165) is 57.3 Å². The molecule has 1 aromatic carbocycles. The van der Waals surface area contributed by atoms with Gasteiger partial charge in [0.1, 0.15) is 4.83 Å². The zero-order valence-electron chi connectivity index (χ0n) is 16.5. The number of rotatable bonds is 4. The molecule has 1 saturated heterocycles. The van der Waals surface area contributed by atoms with Crippen molar-refractivity contribution in [3.63, 3.8) is 0 Å². The van der Waals surface area contributed by atoms with Crippen LogP contribution in [0.1, 0.15) is 33.8 Å². The van der Waals surface area contributed by atoms with Gasteiger partial charge < -0.3 is 9.80 Å². The Kier molecular flexibility index (Phi) is 5.45. The topological polar surface area (TPSA) is 41.4 Å². The van der Waals surface area contributed by atoms with Crippen molar-refractivity contribution in [3.8, 4) is 0 Å². The SMILES string of the molecule is Cc1nn(Cc2ccccc2Cl)c2sc(C(=O)N(C)C3CCN(C)CC3)cc12. The molecule has 4 rings (SSSR count). The van der Waals surface area contributed by atoms with Crippen LogP contribution in [0.15, 0.2) is 30.3 Å². The molecule has 0 spiro atoms. The molecule has 0 bridgehead atoms. The van der Waals surface area contributed by atoms with Gasteiger partial charge in [0.25, 0.3) is 5.91 Å². The molecule has 148 valence electrons. The number of carbonyl (C=O) groups excluding carboxylic acids is 1. The van der Waals surface area contributed by atoms with Crippen molar-refractivity contribution in [1.29, 1.82) is 0 Å². The number of hydrogen-bond acceptors (Lipinski definition) is 4. The first-order chi connectivity index (χ1) is 13.4. The number of amides is 1. The third kappa shape index (κ3) is 3.69. The molecule has 1 amide bonds. The lowest BCUT2D eigenvalue weighted by molar-refractivity contribution is 0.0664. The lowest BCUT2D eigenvalue weighted by atomic mass is 10.0. The van der Waals surface area contributed by atoms with Gasteiger partial charge in [0, 0.05) is 23.5 Å². The van der Waals surface area contributed by atoms with E-state index in [9.17, 15) is 4.79 Å². The van der Waals surface area contributed by atoms with Crippen molar-refractivity contribution in [3.05, 3.63) is 51.5 Å². The van der Waals surface area contributed by atoms with Crippen molar-refractivity contribution in [2.75, 3.05) is 27.2 Å². The quantitative estimate of drug-likeness (QED) is 0.637. The maximum absolute atomic E-state index is 13.1. The van der Waals surface area contributed by atoms with E-state index >= 15 is 0 Å². The van der Waals surface area contributed by atoms with Crippen LogP contribution in [-0.2, 0) is 6.54 Å². The Hall–Kier alpha value is -1.89. The lowest BCUT2D eigenvalue weighted by Gasteiger charge is -2.34. The van der Waals surface area contributed by atoms with Crippen molar-refractivity contribution in [1.82, 2.24) is 19.6 Å². The third-order valence-corrected chi connectivity index (χ3v) is 7.16. The van der Waals surface area contributed by atoms with Crippen LogP contribution in [0.25, 0.3) is 10.2 Å². The van der Waals surface area contributed by atoms with E-state index in [4.69, 9.17) is 11.6 Å². The molecule has 7 heteroatoms. The first-order valence-electron chi connectivity index (χ1n) is 9.60. The number of hydrogen-bond donors (Lipinski definition) is 0. The number of aryl methyl sites for hydroxylation is 1. The predicted molar refractivity (Wildman–Crippen MR) is 116 cm³/mol. The number of thiophene rings is 1. The molecule has 0 atom stereocenters. The van der Waals surface area contributed by atoms with Gasteiger partial charge in [0.15, 0.2) is 0 Å². The van der Waals surface area contributed by atoms with Gasteiger partial charge >= 0.3 is 0 Å². The van der Waals surface area contributed by atoms with Crippen molar-refractivity contribution in [2.24, 2.45) is 0 Å². The van der Waals surface area contributed by atoms with E-state index in [1.807, 2.05) is 53.9 Å². The van der Waals surface area contributed by atoms with E-state index in [1.54, 1.807) is 0 Å². The van der Waals surface area contributed by atoms with E-state index in [2.05, 4.69) is 17.0 Å². The van der Waals surface area contributed by atoms with Gasteiger partial charge in [-0.25, -0.2) is 0 Å². The molecule has 1 aliphatic rings. The molecule has 5 nitrogen and oxygen atoms in total. The minimum atomic E-state index is 0.111. The van der Waals surface area contributed by atoms with Crippen LogP contribution >= 0.6 is 22.9 Å². The second kappa shape index (κ2) is 7.85. The summed E-state index contributed by atoms with van der Waals surface area (Å²) in [5.41, 5.74) is 1.97. The molecule has 0 N–H and O–H groups in total. The summed E-state index contributed by atoms with van der Waals surface area (Å²) in [6.45, 7) is 4.68. The number of aromatic nitrogens is 2. The highest BCUT2D eigenvalue weighted by Crippen LogP contribution is 2.31. The second-order valence-corrected chi connectivity index (χ2v) is 9.05. The normalized spacial score (nSPS) is 16.0. The van der Waals surface area contributed by atoms with E-state index in [-0.39, 0.29) is 5.91 Å². The highest BCUT2D eigenvalue weighted by Gasteiger charge is 2.26. The summed E-state index contributed by atoms with van der Waals surface area (Å²) in [6.07, 6.45) is 2.06. The van der Waals surface area contributed by atoms with E-state index in [0.29, 0.717) is 12.6 Å². The summed E-state index contributed by atoms with van der Waals surface area (Å²) in [5.74, 6) is 0.111. The molecule has 0 aliphatic carbocycles. The molecule has 0 unspecified atom stereocenters. The minimum Gasteiger partial charge on any atom is -0.338 e. The van der Waals surface area contributed by atoms with Gasteiger partial charge in [-0.1, -0.05) is 29.8 Å². The van der Waals surface area contributed by atoms with Crippen LogP contribution in [0.5, 0.6) is 0 Å². The number of piperidine rings is 1. The maximum Gasteiger partial charge on any atom is 0.264 e. The standard InChI is InChI=1S/C21H25ClN4OS/c1-14-17-12-19(20(27)25(3)16-8-10-24(2)11-9-16)28-21(17)26(23-14)13-15-6-4-5-7-18(15)22/h4-7,12,16H,8-11,13H2,1-3H3. The van der Waals surface area contributed by atoms with Crippen LogP contribution in [0.3, 0.4) is 0 Å². The summed E-state index contributed by atoms with van der Waals surface area (Å²) >= 11 is 7.85. The molecular weight excluding hydrogens is 392 g/mol. The molecule has 3 heterocycles. The Morgan fingerprint density at radius 1 is 1.32 bits per heavy atom. The zero-order valence-corrected chi connectivity index (χ0v) is 18.1. The van der Waals surface area contributed by atoms with Gasteiger partial charge in [-0.2, -0.15) is 5.10 Å². The lowest BCUT2D eigenvalue weighted by Crippen LogP contribution is -2.44. The third-order valence-electron chi connectivity index (χ3n) is 5.65. The predicted octanol–water partition coefficient (Wildman–Crippen LogP) is 4.27. The van der Waals surface area contributed by atoms with Gasteiger partial charge in [-0.3, -0.25) is 9.48 Å². The molecule has 1 aliphatic heterocycles. The van der Waals surface area contributed by atoms with Gasteiger partial charge in [0.2, 0.25) is 0 Å². The molecule has 0 radical (unpaired) electrons. The fraction of sp³-hybridized carbons (Fsp3) is 0.429. The smallest absolute Gasteiger partial charge is 0.264 e. The Morgan fingerprint density at radius 3 is 2.75 bits per heavy atom. The summed E-state index contributed by atoms with van der Waals surface area (Å²) in [4.78, 5) is 19.2. The number of likely N-dealkylation sites (tertiary alicyclic amines) is 1. The molecule has 3 aromatic rings. The summed E-state index contributed by atoms with van der Waals surface area (Å²) in [6, 6.07) is 10.1. The van der Waals surface area contributed by atoms with E-state index < -0.39 is 0 Å². The Bertz CT molecular complexity index is 1000. The summed E-state index contributed by atoms with van der Waals surface area (Å²) < 4.78 is 1.96. The summed E-state index contributed by atoms with van der Waals surface area (Å²) in [5, 5.41) is 6.46. The minimum absolute atomic E-state index is 0.111. The van der Waals surface area contributed by atoms with Crippen molar-refractivity contribution >= 4 is 39.1 Å². The van der Waals surface area contributed by atoms with Crippen LogP contribution < -0.4 is 0 Å². The maximum atomic E-state index is 13.1. The first kappa shape index (κ1) is 19.4. The van der Waals surface area contributed by atoms with Crippen LogP contribution in [0.4, 0.5) is 0 Å². The monoisotopic (exact) mass is 416 g/mol. The molecule has 1 fully saturated rings. The van der Waals surface area contributed by atoms with Crippen LogP contribution in [-0.4, -0.2) is 58.7 Å². The Morgan fingerprint density at radius 2 is 2.04 bits per heavy atom. The van der Waals surface area contributed by atoms with Gasteiger partial charge in [-0.15, -0.1) is 11.3 Å². The summed E-state index contributed by atoms with van der Waals surface area (Å²) in [7, 11) is 4.07. The fourth-order valence-electron chi connectivity index (χ4n) is 3.84. The largest absolute Gasteiger partial charge is 0.338 e. The highest BCUT2D eigenvalue weighted by molar-refractivity contribution is 7.20. The van der Waals surface area contributed by atoms with Crippen molar-refractivity contribution in [2.45, 2.75) is 32.4 Å². The molecule has 2 aromatic heterocycles. The van der Waals surface area contributed by atoms with E-state index in [1.165, 1.54) is 11.3 Å². The zero-order chi connectivity index (χ0) is 19.8. The molecular formula is C21H25ClN4OS.